The average Bonchev–Trinajstić information content (AvgIpc) is 2.53. The molecule has 2 rings (SSSR count). The molecule has 0 aliphatic rings. The predicted molar refractivity (Wildman–Crippen MR) is 78.7 cm³/mol. The van der Waals surface area contributed by atoms with E-state index in [1.54, 1.807) is 6.07 Å². The molecule has 0 unspecified atom stereocenters. The van der Waals surface area contributed by atoms with Gasteiger partial charge >= 0.3 is 5.63 Å². The van der Waals surface area contributed by atoms with Crippen LogP contribution in [0.2, 0.25) is 0 Å². The van der Waals surface area contributed by atoms with Crippen LogP contribution in [0.3, 0.4) is 0 Å². The van der Waals surface area contributed by atoms with Crippen LogP contribution in [0.4, 0.5) is 0 Å². The minimum absolute atomic E-state index is 0.0119. The average molecular weight is 310 g/mol. The lowest BCUT2D eigenvalue weighted by Crippen LogP contribution is -2.06. The second-order valence-electron chi connectivity index (χ2n) is 4.49. The summed E-state index contributed by atoms with van der Waals surface area (Å²) in [6.07, 6.45) is 0.435. The molecule has 22 heavy (non-hydrogen) atoms. The van der Waals surface area contributed by atoms with Gasteiger partial charge in [0.25, 0.3) is 0 Å². The summed E-state index contributed by atoms with van der Waals surface area (Å²) in [4.78, 5) is 11.6. The van der Waals surface area contributed by atoms with E-state index in [0.717, 1.165) is 0 Å². The Bertz CT molecular complexity index is 705. The molecule has 1 aromatic carbocycles. The molecule has 0 atom stereocenters. The summed E-state index contributed by atoms with van der Waals surface area (Å²) in [5.74, 6) is 0.870. The van der Waals surface area contributed by atoms with Crippen LogP contribution in [-0.2, 0) is 6.61 Å². The summed E-state index contributed by atoms with van der Waals surface area (Å²) < 4.78 is 21.4. The molecule has 120 valence electrons. The van der Waals surface area contributed by atoms with E-state index in [0.29, 0.717) is 23.1 Å². The van der Waals surface area contributed by atoms with Crippen molar-refractivity contribution >= 4 is 11.0 Å². The van der Waals surface area contributed by atoms with Crippen LogP contribution in [-0.4, -0.2) is 37.6 Å². The van der Waals surface area contributed by atoms with E-state index in [9.17, 15) is 9.90 Å². The molecular weight excluding hydrogens is 292 g/mol. The highest BCUT2D eigenvalue weighted by Crippen LogP contribution is 2.44. The van der Waals surface area contributed by atoms with Gasteiger partial charge in [0.2, 0.25) is 11.5 Å². The van der Waals surface area contributed by atoms with E-state index in [1.165, 1.54) is 20.3 Å². The van der Waals surface area contributed by atoms with Gasteiger partial charge in [0, 0.05) is 24.5 Å². The van der Waals surface area contributed by atoms with Gasteiger partial charge in [-0.1, -0.05) is 0 Å². The summed E-state index contributed by atoms with van der Waals surface area (Å²) in [5.41, 5.74) is -0.00932. The van der Waals surface area contributed by atoms with Crippen LogP contribution < -0.4 is 19.8 Å². The lowest BCUT2D eigenvalue weighted by Gasteiger charge is -2.16. The molecule has 7 nitrogen and oxygen atoms in total. The van der Waals surface area contributed by atoms with Crippen molar-refractivity contribution in [3.05, 3.63) is 28.1 Å². The van der Waals surface area contributed by atoms with Crippen molar-refractivity contribution in [2.24, 2.45) is 0 Å². The molecule has 2 N–H and O–H groups in total. The van der Waals surface area contributed by atoms with Crippen molar-refractivity contribution in [3.8, 4) is 17.2 Å². The van der Waals surface area contributed by atoms with Crippen molar-refractivity contribution in [1.29, 1.82) is 0 Å². The topological polar surface area (TPSA) is 98.4 Å². The predicted octanol–water partition coefficient (Wildman–Crippen LogP) is 1.06. The third kappa shape index (κ3) is 3.00. The maximum atomic E-state index is 11.6. The Morgan fingerprint density at radius 1 is 1.14 bits per heavy atom. The van der Waals surface area contributed by atoms with Crippen LogP contribution in [0.1, 0.15) is 12.0 Å². The number of methoxy groups -OCH3 is 2. The molecule has 0 fully saturated rings. The van der Waals surface area contributed by atoms with Crippen molar-refractivity contribution in [2.75, 3.05) is 27.4 Å². The Hall–Kier alpha value is -2.25. The van der Waals surface area contributed by atoms with Gasteiger partial charge in [-0.15, -0.1) is 0 Å². The van der Waals surface area contributed by atoms with E-state index >= 15 is 0 Å². The quantitative estimate of drug-likeness (QED) is 0.583. The summed E-state index contributed by atoms with van der Waals surface area (Å²) >= 11 is 0. The van der Waals surface area contributed by atoms with Gasteiger partial charge in [-0.2, -0.15) is 0 Å². The number of aliphatic hydroxyl groups is 2. The number of ether oxygens (including phenoxy) is 3. The minimum Gasteiger partial charge on any atom is -0.493 e. The van der Waals surface area contributed by atoms with Crippen molar-refractivity contribution in [3.63, 3.8) is 0 Å². The van der Waals surface area contributed by atoms with Gasteiger partial charge in [-0.25, -0.2) is 4.79 Å². The zero-order valence-corrected chi connectivity index (χ0v) is 12.4. The first-order valence-corrected chi connectivity index (χ1v) is 6.72. The molecule has 0 aliphatic heterocycles. The van der Waals surface area contributed by atoms with Crippen molar-refractivity contribution in [2.45, 2.75) is 13.0 Å². The van der Waals surface area contributed by atoms with Gasteiger partial charge < -0.3 is 28.8 Å². The summed E-state index contributed by atoms with van der Waals surface area (Å²) in [6, 6.07) is 2.83. The first kappa shape index (κ1) is 16.1. The fraction of sp³-hybridized carbons (Fsp3) is 0.400. The number of benzene rings is 1. The fourth-order valence-corrected chi connectivity index (χ4v) is 2.13. The largest absolute Gasteiger partial charge is 0.493 e. The van der Waals surface area contributed by atoms with Crippen molar-refractivity contribution < 1.29 is 28.8 Å². The molecule has 0 amide bonds. The summed E-state index contributed by atoms with van der Waals surface area (Å²) in [5, 5.41) is 18.8. The van der Waals surface area contributed by atoms with Gasteiger partial charge in [-0.05, 0) is 11.6 Å². The molecule has 0 radical (unpaired) electrons. The van der Waals surface area contributed by atoms with Crippen molar-refractivity contribution in [1.82, 2.24) is 0 Å². The number of hydrogen-bond acceptors (Lipinski definition) is 7. The molecule has 0 saturated carbocycles. The third-order valence-electron chi connectivity index (χ3n) is 3.14. The smallest absolute Gasteiger partial charge is 0.336 e. The SMILES string of the molecule is COc1cc2c(CO)cc(=O)oc2c(OC)c1OCCCO. The van der Waals surface area contributed by atoms with E-state index < -0.39 is 5.63 Å². The van der Waals surface area contributed by atoms with Crippen LogP contribution in [0.25, 0.3) is 11.0 Å². The number of aliphatic hydroxyl groups excluding tert-OH is 2. The number of fused-ring (bicyclic) bond motifs is 1. The Labute approximate surface area is 126 Å². The summed E-state index contributed by atoms with van der Waals surface area (Å²) in [6.45, 7) is -0.0836. The summed E-state index contributed by atoms with van der Waals surface area (Å²) in [7, 11) is 2.88. The second kappa shape index (κ2) is 7.15. The van der Waals surface area contributed by atoms with Crippen LogP contribution in [0, 0.1) is 0 Å². The Kier molecular flexibility index (Phi) is 5.24. The number of rotatable bonds is 7. The van der Waals surface area contributed by atoms with Gasteiger partial charge in [0.15, 0.2) is 11.3 Å². The van der Waals surface area contributed by atoms with E-state index in [2.05, 4.69) is 0 Å². The van der Waals surface area contributed by atoms with Crippen LogP contribution in [0.15, 0.2) is 21.3 Å². The first-order valence-electron chi connectivity index (χ1n) is 6.72. The lowest BCUT2D eigenvalue weighted by molar-refractivity contribution is 0.222. The van der Waals surface area contributed by atoms with E-state index in [1.807, 2.05) is 0 Å². The van der Waals surface area contributed by atoms with Gasteiger partial charge in [0.05, 0.1) is 27.4 Å². The minimum atomic E-state index is -0.596. The Morgan fingerprint density at radius 2 is 1.91 bits per heavy atom. The highest BCUT2D eigenvalue weighted by molar-refractivity contribution is 5.90. The highest BCUT2D eigenvalue weighted by Gasteiger charge is 2.21. The van der Waals surface area contributed by atoms with Gasteiger partial charge in [0.1, 0.15) is 0 Å². The maximum Gasteiger partial charge on any atom is 0.336 e. The fourth-order valence-electron chi connectivity index (χ4n) is 2.13. The molecule has 1 aromatic heterocycles. The van der Waals surface area contributed by atoms with E-state index in [-0.39, 0.29) is 36.9 Å². The standard InChI is InChI=1S/C15H18O7/c1-19-11-7-10-9(8-17)6-12(18)22-13(10)15(20-2)14(11)21-5-3-4-16/h6-7,16-17H,3-5,8H2,1-2H3. The normalized spacial score (nSPS) is 10.7. The zero-order chi connectivity index (χ0) is 16.1. The number of hydrogen-bond donors (Lipinski definition) is 2. The molecule has 0 saturated heterocycles. The molecule has 7 heteroatoms. The monoisotopic (exact) mass is 310 g/mol. The van der Waals surface area contributed by atoms with Crippen LogP contribution in [0.5, 0.6) is 17.2 Å². The molecule has 1 heterocycles. The molecular formula is C15H18O7. The molecule has 0 aliphatic carbocycles. The Morgan fingerprint density at radius 3 is 2.50 bits per heavy atom. The third-order valence-corrected chi connectivity index (χ3v) is 3.14. The maximum absolute atomic E-state index is 11.6. The molecule has 2 aromatic rings. The Balaban J connectivity index is 2.70. The van der Waals surface area contributed by atoms with E-state index in [4.69, 9.17) is 23.7 Å². The first-order chi connectivity index (χ1) is 10.7. The molecule has 0 bridgehead atoms. The molecule has 0 spiro atoms. The zero-order valence-electron chi connectivity index (χ0n) is 12.4. The van der Waals surface area contributed by atoms with Gasteiger partial charge in [-0.3, -0.25) is 0 Å². The lowest BCUT2D eigenvalue weighted by atomic mass is 10.1. The second-order valence-corrected chi connectivity index (χ2v) is 4.49. The highest BCUT2D eigenvalue weighted by atomic mass is 16.5. The van der Waals surface area contributed by atoms with Crippen LogP contribution >= 0.6 is 0 Å².